The van der Waals surface area contributed by atoms with Gasteiger partial charge in [-0.3, -0.25) is 14.9 Å². The summed E-state index contributed by atoms with van der Waals surface area (Å²) in [5.74, 6) is 1.01. The fourth-order valence-corrected chi connectivity index (χ4v) is 3.12. The normalized spacial score (nSPS) is 11.7. The van der Waals surface area contributed by atoms with E-state index in [-0.39, 0.29) is 23.8 Å². The molecular weight excluding hydrogens is 374 g/mol. The number of nitrogens with one attached hydrogen (secondary N) is 2. The van der Waals surface area contributed by atoms with E-state index >= 15 is 0 Å². The predicted molar refractivity (Wildman–Crippen MR) is 111 cm³/mol. The van der Waals surface area contributed by atoms with Gasteiger partial charge in [-0.05, 0) is 55.7 Å². The molecule has 2 aromatic rings. The standard InChI is InChI=1S/C21H27N3O5/c1-13-7-17(18(24(26)27)8-14(13)2)22-21(25)12-23(4)11-16-10-20(29-6)19(28-5)9-15(16)3/h7-10H,11-12H2,1-6H3,(H,22,25)/p+1. The number of methoxy groups -OCH3 is 2. The topological polar surface area (TPSA) is 95.1 Å². The number of hydrogen-bond acceptors (Lipinski definition) is 5. The number of benzene rings is 2. The monoisotopic (exact) mass is 402 g/mol. The Hall–Kier alpha value is -3.13. The zero-order chi connectivity index (χ0) is 21.7. The number of likely N-dealkylation sites (N-methyl/N-ethyl adjacent to an activating group) is 1. The summed E-state index contributed by atoms with van der Waals surface area (Å²) in [6.45, 7) is 6.39. The number of hydrogen-bond donors (Lipinski definition) is 2. The summed E-state index contributed by atoms with van der Waals surface area (Å²) in [5.41, 5.74) is 3.87. The van der Waals surface area contributed by atoms with Crippen LogP contribution < -0.4 is 19.7 Å². The summed E-state index contributed by atoms with van der Waals surface area (Å²) in [7, 11) is 5.06. The summed E-state index contributed by atoms with van der Waals surface area (Å²) in [6.07, 6.45) is 0. The quantitative estimate of drug-likeness (QED) is 0.521. The number of carbonyl (C=O) groups excluding carboxylic acids is 1. The van der Waals surface area contributed by atoms with E-state index in [9.17, 15) is 14.9 Å². The van der Waals surface area contributed by atoms with Gasteiger partial charge in [0, 0.05) is 11.6 Å². The molecule has 0 saturated heterocycles. The molecule has 2 aromatic carbocycles. The van der Waals surface area contributed by atoms with Gasteiger partial charge in [-0.25, -0.2) is 0 Å². The first-order valence-electron chi connectivity index (χ1n) is 9.24. The van der Waals surface area contributed by atoms with Crippen molar-refractivity contribution in [1.82, 2.24) is 0 Å². The van der Waals surface area contributed by atoms with Gasteiger partial charge in [0.25, 0.3) is 11.6 Å². The molecule has 8 nitrogen and oxygen atoms in total. The molecule has 0 radical (unpaired) electrons. The molecule has 0 aliphatic carbocycles. The molecule has 8 heteroatoms. The highest BCUT2D eigenvalue weighted by molar-refractivity contribution is 5.94. The highest BCUT2D eigenvalue weighted by Crippen LogP contribution is 2.30. The van der Waals surface area contributed by atoms with Crippen molar-refractivity contribution in [2.45, 2.75) is 27.3 Å². The van der Waals surface area contributed by atoms with Crippen molar-refractivity contribution in [2.24, 2.45) is 0 Å². The number of nitrogens with zero attached hydrogens (tertiary/aromatic N) is 1. The molecule has 0 fully saturated rings. The fraction of sp³-hybridized carbons (Fsp3) is 0.381. The maximum atomic E-state index is 12.5. The van der Waals surface area contributed by atoms with Gasteiger partial charge in [-0.2, -0.15) is 0 Å². The molecule has 2 rings (SSSR count). The fourth-order valence-electron chi connectivity index (χ4n) is 3.12. The van der Waals surface area contributed by atoms with Crippen molar-refractivity contribution in [3.63, 3.8) is 0 Å². The smallest absolute Gasteiger partial charge is 0.293 e. The molecule has 1 unspecified atom stereocenters. The molecule has 0 bridgehead atoms. The van der Waals surface area contributed by atoms with Crippen molar-refractivity contribution in [1.29, 1.82) is 0 Å². The summed E-state index contributed by atoms with van der Waals surface area (Å²) in [5, 5.41) is 14.0. The lowest BCUT2D eigenvalue weighted by molar-refractivity contribution is -0.885. The second kappa shape index (κ2) is 9.38. The number of nitro benzene ring substituents is 1. The number of carbonyl (C=O) groups is 1. The molecular formula is C21H28N3O5+. The minimum Gasteiger partial charge on any atom is -0.493 e. The Labute approximate surface area is 170 Å². The van der Waals surface area contributed by atoms with Crippen molar-refractivity contribution < 1.29 is 24.1 Å². The minimum atomic E-state index is -0.481. The first-order chi connectivity index (χ1) is 13.7. The van der Waals surface area contributed by atoms with Gasteiger partial charge in [0.05, 0.1) is 26.2 Å². The zero-order valence-electron chi connectivity index (χ0n) is 17.7. The molecule has 0 aliphatic rings. The Balaban J connectivity index is 2.11. The second-order valence-corrected chi connectivity index (χ2v) is 7.20. The largest absolute Gasteiger partial charge is 0.493 e. The van der Waals surface area contributed by atoms with Crippen LogP contribution in [0.3, 0.4) is 0 Å². The van der Waals surface area contributed by atoms with Crippen LogP contribution in [-0.4, -0.2) is 38.6 Å². The van der Waals surface area contributed by atoms with Crippen molar-refractivity contribution in [2.75, 3.05) is 33.1 Å². The molecule has 0 spiro atoms. The van der Waals surface area contributed by atoms with E-state index in [1.54, 1.807) is 27.2 Å². The third-order valence-corrected chi connectivity index (χ3v) is 4.88. The number of anilines is 1. The van der Waals surface area contributed by atoms with E-state index in [4.69, 9.17) is 9.47 Å². The number of amides is 1. The molecule has 156 valence electrons. The van der Waals surface area contributed by atoms with Gasteiger partial charge in [0.15, 0.2) is 18.0 Å². The van der Waals surface area contributed by atoms with E-state index < -0.39 is 4.92 Å². The number of nitro groups is 1. The minimum absolute atomic E-state index is 0.102. The van der Waals surface area contributed by atoms with Gasteiger partial charge >= 0.3 is 0 Å². The van der Waals surface area contributed by atoms with E-state index in [1.807, 2.05) is 33.0 Å². The number of ether oxygens (including phenoxy) is 2. The summed E-state index contributed by atoms with van der Waals surface area (Å²) < 4.78 is 10.7. The lowest BCUT2D eigenvalue weighted by atomic mass is 10.1. The van der Waals surface area contributed by atoms with Crippen LogP contribution in [0.5, 0.6) is 11.5 Å². The van der Waals surface area contributed by atoms with Crippen LogP contribution in [0.15, 0.2) is 24.3 Å². The van der Waals surface area contributed by atoms with Crippen molar-refractivity contribution >= 4 is 17.3 Å². The summed E-state index contributed by atoms with van der Waals surface area (Å²) in [6, 6.07) is 6.93. The highest BCUT2D eigenvalue weighted by Gasteiger charge is 2.20. The van der Waals surface area contributed by atoms with Crippen LogP contribution in [0.2, 0.25) is 0 Å². The van der Waals surface area contributed by atoms with Crippen molar-refractivity contribution in [3.05, 3.63) is 56.6 Å². The van der Waals surface area contributed by atoms with Crippen LogP contribution in [0.25, 0.3) is 0 Å². The molecule has 0 saturated carbocycles. The Kier molecular flexibility index (Phi) is 7.17. The van der Waals surface area contributed by atoms with Gasteiger partial charge in [0.2, 0.25) is 0 Å². The highest BCUT2D eigenvalue weighted by atomic mass is 16.6. The van der Waals surface area contributed by atoms with Gasteiger partial charge in [-0.1, -0.05) is 0 Å². The van der Waals surface area contributed by atoms with Gasteiger partial charge in [-0.15, -0.1) is 0 Å². The third kappa shape index (κ3) is 5.45. The number of aryl methyl sites for hydroxylation is 3. The summed E-state index contributed by atoms with van der Waals surface area (Å²) in [4.78, 5) is 24.3. The Morgan fingerprint density at radius 2 is 1.62 bits per heavy atom. The first kappa shape index (κ1) is 22.2. The van der Waals surface area contributed by atoms with E-state index in [2.05, 4.69) is 5.32 Å². The lowest BCUT2D eigenvalue weighted by Crippen LogP contribution is -3.08. The van der Waals surface area contributed by atoms with Crippen LogP contribution in [0, 0.1) is 30.9 Å². The Bertz CT molecular complexity index is 927. The zero-order valence-corrected chi connectivity index (χ0v) is 17.7. The Morgan fingerprint density at radius 1 is 1.03 bits per heavy atom. The average molecular weight is 402 g/mol. The second-order valence-electron chi connectivity index (χ2n) is 7.20. The van der Waals surface area contributed by atoms with Crippen molar-refractivity contribution in [3.8, 4) is 11.5 Å². The van der Waals surface area contributed by atoms with Crippen LogP contribution in [0.4, 0.5) is 11.4 Å². The van der Waals surface area contributed by atoms with Crippen LogP contribution in [0.1, 0.15) is 22.3 Å². The predicted octanol–water partition coefficient (Wildman–Crippen LogP) is 2.19. The third-order valence-electron chi connectivity index (χ3n) is 4.88. The molecule has 29 heavy (non-hydrogen) atoms. The molecule has 0 aliphatic heterocycles. The molecule has 1 atom stereocenters. The first-order valence-corrected chi connectivity index (χ1v) is 9.24. The SMILES string of the molecule is COc1cc(C)c(C[NH+](C)CC(=O)Nc2cc(C)c(C)cc2[N+](=O)[O-])cc1OC. The van der Waals surface area contributed by atoms with Gasteiger partial charge in [0.1, 0.15) is 12.2 Å². The van der Waals surface area contributed by atoms with Gasteiger partial charge < -0.3 is 19.7 Å². The number of rotatable bonds is 8. The molecule has 0 heterocycles. The van der Waals surface area contributed by atoms with Crippen LogP contribution in [-0.2, 0) is 11.3 Å². The molecule has 0 aromatic heterocycles. The van der Waals surface area contributed by atoms with E-state index in [0.29, 0.717) is 18.0 Å². The maximum absolute atomic E-state index is 12.5. The maximum Gasteiger partial charge on any atom is 0.293 e. The Morgan fingerprint density at radius 3 is 2.21 bits per heavy atom. The van der Waals surface area contributed by atoms with E-state index in [0.717, 1.165) is 27.2 Å². The van der Waals surface area contributed by atoms with Crippen LogP contribution >= 0.6 is 0 Å². The summed E-state index contributed by atoms with van der Waals surface area (Å²) >= 11 is 0. The lowest BCUT2D eigenvalue weighted by Gasteiger charge is -2.17. The average Bonchev–Trinajstić information content (AvgIpc) is 2.65. The molecule has 1 amide bonds. The van der Waals surface area contributed by atoms with E-state index in [1.165, 1.54) is 6.07 Å². The number of quaternary nitrogens is 1. The molecule has 2 N–H and O–H groups in total.